The number of ether oxygens (including phenoxy) is 1. The molecule has 0 radical (unpaired) electrons. The molecule has 0 aliphatic carbocycles. The van der Waals surface area contributed by atoms with Gasteiger partial charge in [-0.15, -0.1) is 0 Å². The number of hydrogen-bond acceptors (Lipinski definition) is 4. The summed E-state index contributed by atoms with van der Waals surface area (Å²) in [5.74, 6) is -1.87. The number of anilines is 1. The third-order valence-electron chi connectivity index (χ3n) is 2.78. The van der Waals surface area contributed by atoms with E-state index in [0.717, 1.165) is 6.07 Å². The molecule has 1 N–H and O–H groups in total. The van der Waals surface area contributed by atoms with E-state index < -0.39 is 24.3 Å². The van der Waals surface area contributed by atoms with Crippen molar-refractivity contribution in [1.29, 1.82) is 0 Å². The van der Waals surface area contributed by atoms with Crippen LogP contribution in [0.5, 0.6) is 0 Å². The van der Waals surface area contributed by atoms with Crippen LogP contribution >= 0.6 is 11.6 Å². The summed E-state index contributed by atoms with van der Waals surface area (Å²) in [6.45, 7) is 1.06. The Kier molecular flexibility index (Phi) is 5.06. The van der Waals surface area contributed by atoms with Gasteiger partial charge >= 0.3 is 5.97 Å². The lowest BCUT2D eigenvalue weighted by molar-refractivity contribution is -0.119. The molecule has 0 spiro atoms. The fraction of sp³-hybridized carbons (Fsp3) is 0.133. The van der Waals surface area contributed by atoms with Crippen LogP contribution in [0.15, 0.2) is 36.5 Å². The standard InChI is InChI=1S/C15H12ClFN2O3/c1-9-4-5-10(7-11(9)17)15(21)22-8-13(20)19-12-3-2-6-18-14(12)16/h2-7H,8H2,1H3,(H,19,20). The Hall–Kier alpha value is -2.47. The molecule has 5 nitrogen and oxygen atoms in total. The predicted molar refractivity (Wildman–Crippen MR) is 79.3 cm³/mol. The number of aryl methyl sites for hydroxylation is 1. The van der Waals surface area contributed by atoms with Crippen molar-refractivity contribution in [3.63, 3.8) is 0 Å². The van der Waals surface area contributed by atoms with E-state index in [1.165, 1.54) is 18.3 Å². The summed E-state index contributed by atoms with van der Waals surface area (Å²) >= 11 is 5.78. The van der Waals surface area contributed by atoms with E-state index in [2.05, 4.69) is 10.3 Å². The Morgan fingerprint density at radius 3 is 2.82 bits per heavy atom. The fourth-order valence-corrected chi connectivity index (χ4v) is 1.77. The topological polar surface area (TPSA) is 68.3 Å². The zero-order valence-corrected chi connectivity index (χ0v) is 12.4. The normalized spacial score (nSPS) is 10.1. The molecule has 0 saturated carbocycles. The zero-order chi connectivity index (χ0) is 16.1. The number of nitrogens with zero attached hydrogens (tertiary/aromatic N) is 1. The number of rotatable bonds is 4. The maximum absolute atomic E-state index is 13.4. The number of aromatic nitrogens is 1. The molecular formula is C15H12ClFN2O3. The van der Waals surface area contributed by atoms with Gasteiger partial charge in [0.05, 0.1) is 11.3 Å². The molecule has 7 heteroatoms. The second-order valence-corrected chi connectivity index (χ2v) is 4.79. The van der Waals surface area contributed by atoms with Crippen LogP contribution < -0.4 is 5.32 Å². The lowest BCUT2D eigenvalue weighted by Gasteiger charge is -2.07. The lowest BCUT2D eigenvalue weighted by atomic mass is 10.1. The first-order chi connectivity index (χ1) is 10.5. The van der Waals surface area contributed by atoms with Gasteiger partial charge in [0.25, 0.3) is 5.91 Å². The van der Waals surface area contributed by atoms with Crippen LogP contribution in [0.4, 0.5) is 10.1 Å². The fourth-order valence-electron chi connectivity index (χ4n) is 1.60. The summed E-state index contributed by atoms with van der Waals surface area (Å²) in [5.41, 5.74) is 0.766. The largest absolute Gasteiger partial charge is 0.452 e. The summed E-state index contributed by atoms with van der Waals surface area (Å²) in [6, 6.07) is 7.11. The molecule has 22 heavy (non-hydrogen) atoms. The Labute approximate surface area is 131 Å². The van der Waals surface area contributed by atoms with E-state index in [1.54, 1.807) is 19.1 Å². The van der Waals surface area contributed by atoms with Gasteiger partial charge in [-0.3, -0.25) is 4.79 Å². The summed E-state index contributed by atoms with van der Waals surface area (Å²) in [4.78, 5) is 27.2. The number of carbonyl (C=O) groups is 2. The molecule has 0 aliphatic heterocycles. The number of amides is 1. The molecule has 1 heterocycles. The number of pyridine rings is 1. The van der Waals surface area contributed by atoms with Gasteiger partial charge in [-0.1, -0.05) is 17.7 Å². The first-order valence-electron chi connectivity index (χ1n) is 6.31. The molecule has 2 rings (SSSR count). The minimum Gasteiger partial charge on any atom is -0.452 e. The first kappa shape index (κ1) is 15.9. The minimum atomic E-state index is -0.786. The van der Waals surface area contributed by atoms with Crippen LogP contribution in [-0.2, 0) is 9.53 Å². The van der Waals surface area contributed by atoms with Gasteiger partial charge in [-0.25, -0.2) is 14.2 Å². The molecule has 0 fully saturated rings. The van der Waals surface area contributed by atoms with Crippen molar-refractivity contribution in [3.8, 4) is 0 Å². The van der Waals surface area contributed by atoms with E-state index in [4.69, 9.17) is 16.3 Å². The molecule has 1 aromatic carbocycles. The SMILES string of the molecule is Cc1ccc(C(=O)OCC(=O)Nc2cccnc2Cl)cc1F. The number of halogens is 2. The smallest absolute Gasteiger partial charge is 0.338 e. The first-order valence-corrected chi connectivity index (χ1v) is 6.69. The number of carbonyl (C=O) groups excluding carboxylic acids is 2. The van der Waals surface area contributed by atoms with E-state index in [0.29, 0.717) is 11.3 Å². The van der Waals surface area contributed by atoms with Crippen LogP contribution in [-0.4, -0.2) is 23.5 Å². The van der Waals surface area contributed by atoms with Crippen molar-refractivity contribution >= 4 is 29.2 Å². The van der Waals surface area contributed by atoms with E-state index in [1.807, 2.05) is 0 Å². The quantitative estimate of drug-likeness (QED) is 0.694. The highest BCUT2D eigenvalue weighted by Gasteiger charge is 2.13. The van der Waals surface area contributed by atoms with Gasteiger partial charge in [0.1, 0.15) is 5.82 Å². The van der Waals surface area contributed by atoms with E-state index in [-0.39, 0.29) is 10.7 Å². The molecule has 0 saturated heterocycles. The summed E-state index contributed by atoms with van der Waals surface area (Å²) in [5, 5.41) is 2.58. The Balaban J connectivity index is 1.92. The van der Waals surface area contributed by atoms with Crippen LogP contribution in [0.2, 0.25) is 5.15 Å². The van der Waals surface area contributed by atoms with Crippen molar-refractivity contribution in [3.05, 3.63) is 58.6 Å². The molecule has 0 atom stereocenters. The molecule has 2 aromatic rings. The molecule has 0 unspecified atom stereocenters. The Bertz CT molecular complexity index is 722. The molecule has 0 bridgehead atoms. The van der Waals surface area contributed by atoms with E-state index in [9.17, 15) is 14.0 Å². The van der Waals surface area contributed by atoms with Crippen LogP contribution in [0.25, 0.3) is 0 Å². The van der Waals surface area contributed by atoms with Gasteiger partial charge in [0.2, 0.25) is 0 Å². The highest BCUT2D eigenvalue weighted by molar-refractivity contribution is 6.32. The van der Waals surface area contributed by atoms with Gasteiger partial charge < -0.3 is 10.1 Å². The van der Waals surface area contributed by atoms with Crippen molar-refractivity contribution in [2.24, 2.45) is 0 Å². The summed E-state index contributed by atoms with van der Waals surface area (Å²) < 4.78 is 18.2. The van der Waals surface area contributed by atoms with Crippen LogP contribution in [0.3, 0.4) is 0 Å². The summed E-state index contributed by atoms with van der Waals surface area (Å²) in [7, 11) is 0. The molecule has 1 amide bonds. The second-order valence-electron chi connectivity index (χ2n) is 4.43. The zero-order valence-electron chi connectivity index (χ0n) is 11.6. The number of nitrogens with one attached hydrogen (secondary N) is 1. The van der Waals surface area contributed by atoms with Crippen molar-refractivity contribution in [2.45, 2.75) is 6.92 Å². The highest BCUT2D eigenvalue weighted by Crippen LogP contribution is 2.17. The van der Waals surface area contributed by atoms with E-state index >= 15 is 0 Å². The molecule has 114 valence electrons. The molecule has 0 aliphatic rings. The average molecular weight is 323 g/mol. The lowest BCUT2D eigenvalue weighted by Crippen LogP contribution is -2.21. The van der Waals surface area contributed by atoms with Crippen molar-refractivity contribution < 1.29 is 18.7 Å². The minimum absolute atomic E-state index is 0.0373. The number of esters is 1. The Morgan fingerprint density at radius 2 is 2.14 bits per heavy atom. The average Bonchev–Trinajstić information content (AvgIpc) is 2.50. The highest BCUT2D eigenvalue weighted by atomic mass is 35.5. The summed E-state index contributed by atoms with van der Waals surface area (Å²) in [6.07, 6.45) is 1.48. The molecular weight excluding hydrogens is 311 g/mol. The maximum Gasteiger partial charge on any atom is 0.338 e. The Morgan fingerprint density at radius 1 is 1.36 bits per heavy atom. The van der Waals surface area contributed by atoms with Crippen molar-refractivity contribution in [2.75, 3.05) is 11.9 Å². The van der Waals surface area contributed by atoms with Gasteiger partial charge in [-0.05, 0) is 36.8 Å². The predicted octanol–water partition coefficient (Wildman–Crippen LogP) is 2.98. The maximum atomic E-state index is 13.4. The second kappa shape index (κ2) is 7.00. The monoisotopic (exact) mass is 322 g/mol. The third kappa shape index (κ3) is 4.02. The molecule has 1 aromatic heterocycles. The number of hydrogen-bond donors (Lipinski definition) is 1. The third-order valence-corrected chi connectivity index (χ3v) is 3.08. The van der Waals surface area contributed by atoms with Crippen molar-refractivity contribution in [1.82, 2.24) is 4.98 Å². The van der Waals surface area contributed by atoms with Crippen LogP contribution in [0, 0.1) is 12.7 Å². The van der Waals surface area contributed by atoms with Crippen LogP contribution in [0.1, 0.15) is 15.9 Å². The van der Waals surface area contributed by atoms with Gasteiger partial charge in [-0.2, -0.15) is 0 Å². The number of benzene rings is 1. The van der Waals surface area contributed by atoms with Gasteiger partial charge in [0.15, 0.2) is 11.8 Å². The van der Waals surface area contributed by atoms with Gasteiger partial charge in [0, 0.05) is 6.20 Å².